The number of rotatable bonds is 9. The summed E-state index contributed by atoms with van der Waals surface area (Å²) in [5.41, 5.74) is 5.22. The second-order valence-electron chi connectivity index (χ2n) is 9.07. The number of aromatic amines is 1. The average molecular weight is 460 g/mol. The number of aromatic nitrogens is 2. The van der Waals surface area contributed by atoms with Crippen LogP contribution >= 0.6 is 0 Å². The molecule has 3 rings (SSSR count). The van der Waals surface area contributed by atoms with Crippen molar-refractivity contribution in [1.82, 2.24) is 14.9 Å². The van der Waals surface area contributed by atoms with E-state index in [1.54, 1.807) is 4.90 Å². The minimum atomic E-state index is -0.605. The zero-order valence-corrected chi connectivity index (χ0v) is 19.6. The van der Waals surface area contributed by atoms with E-state index in [2.05, 4.69) is 10.3 Å². The second-order valence-corrected chi connectivity index (χ2v) is 9.07. The fourth-order valence-corrected chi connectivity index (χ4v) is 3.73. The lowest BCUT2D eigenvalue weighted by atomic mass is 10.2. The van der Waals surface area contributed by atoms with Crippen LogP contribution in [-0.4, -0.2) is 47.8 Å². The van der Waals surface area contributed by atoms with Crippen LogP contribution in [0.4, 0.5) is 11.5 Å². The van der Waals surface area contributed by atoms with Gasteiger partial charge >= 0.3 is 5.69 Å². The first-order valence-corrected chi connectivity index (χ1v) is 11.2. The van der Waals surface area contributed by atoms with Gasteiger partial charge in [0, 0.05) is 13.1 Å². The van der Waals surface area contributed by atoms with Gasteiger partial charge in [0.1, 0.15) is 24.2 Å². The summed E-state index contributed by atoms with van der Waals surface area (Å²) in [6.07, 6.45) is -0.330. The topological polar surface area (TPSA) is 132 Å². The Kier molecular flexibility index (Phi) is 7.67. The number of nitrogens with two attached hydrogens (primary N) is 1. The molecule has 0 saturated heterocycles. The maximum atomic E-state index is 12.8. The third-order valence-electron chi connectivity index (χ3n) is 5.09. The van der Waals surface area contributed by atoms with Crippen LogP contribution in [-0.2, 0) is 11.3 Å². The zero-order chi connectivity index (χ0) is 24.1. The van der Waals surface area contributed by atoms with Gasteiger partial charge in [0.2, 0.25) is 5.91 Å². The van der Waals surface area contributed by atoms with Crippen molar-refractivity contribution in [2.75, 3.05) is 36.9 Å². The number of para-hydroxylation sites is 2. The summed E-state index contributed by atoms with van der Waals surface area (Å²) in [6, 6.07) is 7.36. The standard InChI is InChI=1S/C23H33N5O5/c1-14(2)10-27(20-21(24)28(11-15(3)4)23(31)26-22(20)30)12-19(29)25-9-16-13-32-17-7-5-6-8-18(17)33-16/h5-8,14-16H,9-13,24H2,1-4H3,(H,25,29)(H,26,30,31). The number of H-pyrrole nitrogens is 1. The van der Waals surface area contributed by atoms with E-state index in [4.69, 9.17) is 15.2 Å². The van der Waals surface area contributed by atoms with Gasteiger partial charge in [-0.25, -0.2) is 4.79 Å². The summed E-state index contributed by atoms with van der Waals surface area (Å²) < 4.78 is 12.9. The smallest absolute Gasteiger partial charge is 0.330 e. The minimum absolute atomic E-state index is 0.0616. The van der Waals surface area contributed by atoms with Gasteiger partial charge in [0.15, 0.2) is 11.5 Å². The Hall–Kier alpha value is -3.43. The average Bonchev–Trinajstić information content (AvgIpc) is 2.74. The highest BCUT2D eigenvalue weighted by Crippen LogP contribution is 2.30. The van der Waals surface area contributed by atoms with E-state index in [1.807, 2.05) is 52.0 Å². The van der Waals surface area contributed by atoms with Gasteiger partial charge in [-0.2, -0.15) is 0 Å². The number of anilines is 2. The monoisotopic (exact) mass is 459 g/mol. The van der Waals surface area contributed by atoms with E-state index in [-0.39, 0.29) is 48.4 Å². The van der Waals surface area contributed by atoms with Crippen LogP contribution in [0.5, 0.6) is 11.5 Å². The lowest BCUT2D eigenvalue weighted by molar-refractivity contribution is -0.120. The molecule has 2 aromatic rings. The summed E-state index contributed by atoms with van der Waals surface area (Å²) in [6.45, 7) is 9.11. The molecule has 1 aliphatic rings. The number of carbonyl (C=O) groups excluding carboxylic acids is 1. The van der Waals surface area contributed by atoms with Crippen molar-refractivity contribution in [3.63, 3.8) is 0 Å². The van der Waals surface area contributed by atoms with Crippen molar-refractivity contribution in [2.45, 2.75) is 40.3 Å². The molecule has 0 aliphatic carbocycles. The number of nitrogens with zero attached hydrogens (tertiary/aromatic N) is 2. The van der Waals surface area contributed by atoms with Gasteiger partial charge in [-0.3, -0.25) is 19.1 Å². The number of fused-ring (bicyclic) bond motifs is 1. The van der Waals surface area contributed by atoms with Gasteiger partial charge in [0.05, 0.1) is 13.1 Å². The van der Waals surface area contributed by atoms with E-state index in [0.29, 0.717) is 31.2 Å². The number of carbonyl (C=O) groups is 1. The number of nitrogen functional groups attached to an aromatic ring is 1. The normalized spacial score (nSPS) is 15.0. The predicted octanol–water partition coefficient (Wildman–Crippen LogP) is 1.19. The molecule has 1 aromatic carbocycles. The van der Waals surface area contributed by atoms with Crippen molar-refractivity contribution in [3.8, 4) is 11.5 Å². The van der Waals surface area contributed by atoms with E-state index < -0.39 is 11.2 Å². The number of ether oxygens (including phenoxy) is 2. The molecule has 0 saturated carbocycles. The largest absolute Gasteiger partial charge is 0.486 e. The van der Waals surface area contributed by atoms with E-state index in [0.717, 1.165) is 0 Å². The summed E-state index contributed by atoms with van der Waals surface area (Å²) in [5.74, 6) is 1.37. The van der Waals surface area contributed by atoms with Gasteiger partial charge in [-0.05, 0) is 24.0 Å². The van der Waals surface area contributed by atoms with Crippen molar-refractivity contribution >= 4 is 17.4 Å². The predicted molar refractivity (Wildman–Crippen MR) is 127 cm³/mol. The van der Waals surface area contributed by atoms with Gasteiger partial charge in [0.25, 0.3) is 5.56 Å². The first-order chi connectivity index (χ1) is 15.7. The van der Waals surface area contributed by atoms with Crippen molar-refractivity contribution in [1.29, 1.82) is 0 Å². The highest BCUT2D eigenvalue weighted by molar-refractivity contribution is 5.82. The Morgan fingerprint density at radius 3 is 2.58 bits per heavy atom. The number of hydrogen-bond donors (Lipinski definition) is 3. The Morgan fingerprint density at radius 2 is 1.91 bits per heavy atom. The Balaban J connectivity index is 1.73. The zero-order valence-electron chi connectivity index (χ0n) is 19.6. The molecule has 1 atom stereocenters. The van der Waals surface area contributed by atoms with Crippen molar-refractivity contribution in [3.05, 3.63) is 45.1 Å². The second kappa shape index (κ2) is 10.5. The third kappa shape index (κ3) is 6.09. The fourth-order valence-electron chi connectivity index (χ4n) is 3.73. The molecule has 0 bridgehead atoms. The molecule has 1 aromatic heterocycles. The van der Waals surface area contributed by atoms with Crippen LogP contribution in [0.1, 0.15) is 27.7 Å². The van der Waals surface area contributed by atoms with Crippen LogP contribution in [0.2, 0.25) is 0 Å². The first kappa shape index (κ1) is 24.2. The quantitative estimate of drug-likeness (QED) is 0.513. The number of hydrogen-bond acceptors (Lipinski definition) is 7. The molecule has 10 heteroatoms. The fraction of sp³-hybridized carbons (Fsp3) is 0.522. The highest BCUT2D eigenvalue weighted by atomic mass is 16.6. The number of nitrogens with one attached hydrogen (secondary N) is 2. The molecule has 2 heterocycles. The lowest BCUT2D eigenvalue weighted by Crippen LogP contribution is -2.47. The molecule has 0 fully saturated rings. The van der Waals surface area contributed by atoms with Crippen molar-refractivity contribution in [2.24, 2.45) is 11.8 Å². The van der Waals surface area contributed by atoms with Gasteiger partial charge < -0.3 is 25.4 Å². The maximum Gasteiger partial charge on any atom is 0.330 e. The maximum absolute atomic E-state index is 12.8. The van der Waals surface area contributed by atoms with Gasteiger partial charge in [-0.15, -0.1) is 0 Å². The molecule has 1 unspecified atom stereocenters. The first-order valence-electron chi connectivity index (χ1n) is 11.2. The summed E-state index contributed by atoms with van der Waals surface area (Å²) in [5, 5.41) is 2.85. The summed E-state index contributed by atoms with van der Waals surface area (Å²) >= 11 is 0. The van der Waals surface area contributed by atoms with Crippen LogP contribution in [0.15, 0.2) is 33.9 Å². The Bertz CT molecular complexity index is 1090. The van der Waals surface area contributed by atoms with E-state index in [1.165, 1.54) is 4.57 Å². The van der Waals surface area contributed by atoms with E-state index in [9.17, 15) is 14.4 Å². The molecule has 0 radical (unpaired) electrons. The molecule has 1 amide bonds. The van der Waals surface area contributed by atoms with Crippen LogP contribution in [0, 0.1) is 11.8 Å². The molecule has 0 spiro atoms. The molecule has 1 aliphatic heterocycles. The van der Waals surface area contributed by atoms with Crippen molar-refractivity contribution < 1.29 is 14.3 Å². The van der Waals surface area contributed by atoms with Gasteiger partial charge in [-0.1, -0.05) is 39.8 Å². The number of benzene rings is 1. The summed E-state index contributed by atoms with van der Waals surface area (Å²) in [7, 11) is 0. The molecule has 10 nitrogen and oxygen atoms in total. The lowest BCUT2D eigenvalue weighted by Gasteiger charge is -2.29. The molecule has 33 heavy (non-hydrogen) atoms. The van der Waals surface area contributed by atoms with Crippen LogP contribution < -0.4 is 36.7 Å². The minimum Gasteiger partial charge on any atom is -0.486 e. The van der Waals surface area contributed by atoms with Crippen LogP contribution in [0.3, 0.4) is 0 Å². The molecule has 180 valence electrons. The Labute approximate surface area is 192 Å². The summed E-state index contributed by atoms with van der Waals surface area (Å²) in [4.78, 5) is 41.7. The van der Waals surface area contributed by atoms with Crippen LogP contribution in [0.25, 0.3) is 0 Å². The third-order valence-corrected chi connectivity index (χ3v) is 5.09. The van der Waals surface area contributed by atoms with E-state index >= 15 is 0 Å². The SMILES string of the molecule is CC(C)CN(CC(=O)NCC1COc2ccccc2O1)c1c(N)n(CC(C)C)c(=O)[nH]c1=O. The highest BCUT2D eigenvalue weighted by Gasteiger charge is 2.24. The number of amides is 1. The molecular formula is C23H33N5O5. The molecule has 4 N–H and O–H groups in total. The Morgan fingerprint density at radius 1 is 1.21 bits per heavy atom. The molecular weight excluding hydrogens is 426 g/mol.